The number of likely N-dealkylation sites (tertiary alicyclic amines) is 1. The lowest BCUT2D eigenvalue weighted by Crippen LogP contribution is -2.55. The van der Waals surface area contributed by atoms with Gasteiger partial charge in [0.15, 0.2) is 0 Å². The van der Waals surface area contributed by atoms with Crippen molar-refractivity contribution in [2.45, 2.75) is 61.1 Å². The lowest BCUT2D eigenvalue weighted by molar-refractivity contribution is -0.139. The molecule has 2 heterocycles. The minimum absolute atomic E-state index is 0.160. The second-order valence-electron chi connectivity index (χ2n) is 11.1. The Morgan fingerprint density at radius 3 is 2.51 bits per heavy atom. The van der Waals surface area contributed by atoms with Crippen molar-refractivity contribution in [3.8, 4) is 11.1 Å². The molecule has 5 aliphatic rings. The molecule has 5 nitrogen and oxygen atoms in total. The van der Waals surface area contributed by atoms with Gasteiger partial charge in [-0.1, -0.05) is 30.3 Å². The number of aliphatic imine (C=N–C) groups is 1. The number of thioether (sulfide) groups is 1. The van der Waals surface area contributed by atoms with Crippen LogP contribution in [0.2, 0.25) is 0 Å². The summed E-state index contributed by atoms with van der Waals surface area (Å²) in [6.07, 6.45) is 6.46. The fraction of sp³-hybridized carbons (Fsp3) is 0.483. The number of rotatable bonds is 7. The number of aryl methyl sites for hydroxylation is 1. The van der Waals surface area contributed by atoms with Crippen LogP contribution in [0.25, 0.3) is 11.1 Å². The number of benzene rings is 2. The van der Waals surface area contributed by atoms with E-state index in [9.17, 15) is 9.59 Å². The lowest BCUT2D eigenvalue weighted by atomic mass is 9.96. The number of amidine groups is 1. The van der Waals surface area contributed by atoms with Gasteiger partial charge in [-0.2, -0.15) is 0 Å². The van der Waals surface area contributed by atoms with Crippen LogP contribution in [0.4, 0.5) is 0 Å². The maximum Gasteiger partial charge on any atom is 0.256 e. The zero-order valence-corrected chi connectivity index (χ0v) is 21.0. The zero-order chi connectivity index (χ0) is 23.7. The third-order valence-corrected chi connectivity index (χ3v) is 9.37. The molecule has 3 saturated carbocycles. The number of hydrogen-bond donors (Lipinski definition) is 0. The quantitative estimate of drug-likeness (QED) is 0.560. The van der Waals surface area contributed by atoms with Gasteiger partial charge in [0, 0.05) is 47.2 Å². The van der Waals surface area contributed by atoms with Crippen LogP contribution in [0.1, 0.15) is 49.7 Å². The van der Waals surface area contributed by atoms with E-state index in [0.29, 0.717) is 18.4 Å². The maximum atomic E-state index is 13.3. The molecule has 2 aliphatic heterocycles. The molecule has 2 aromatic rings. The summed E-state index contributed by atoms with van der Waals surface area (Å²) in [6.45, 7) is 4.33. The molecule has 0 bridgehead atoms. The van der Waals surface area contributed by atoms with Crippen LogP contribution in [0, 0.1) is 18.8 Å². The minimum atomic E-state index is -0.512. The predicted molar refractivity (Wildman–Crippen MR) is 139 cm³/mol. The first-order chi connectivity index (χ1) is 17.0. The molecule has 4 fully saturated rings. The summed E-state index contributed by atoms with van der Waals surface area (Å²) in [6, 6.07) is 15.4. The SMILES string of the molecule is Cc1cc(-c2cccc(SC3CC3)c2)ccc1C1=NC2(CC2)C(=O)N1CC1CN(C(=O)C2CC2)C1. The summed E-state index contributed by atoms with van der Waals surface area (Å²) >= 11 is 1.99. The van der Waals surface area contributed by atoms with Crippen molar-refractivity contribution >= 4 is 29.4 Å². The summed E-state index contributed by atoms with van der Waals surface area (Å²) in [5.74, 6) is 1.92. The molecule has 0 aromatic heterocycles. The molecule has 180 valence electrons. The number of amides is 2. The van der Waals surface area contributed by atoms with E-state index in [2.05, 4.69) is 49.4 Å². The van der Waals surface area contributed by atoms with Gasteiger partial charge in [0.25, 0.3) is 5.91 Å². The van der Waals surface area contributed by atoms with Gasteiger partial charge in [0.05, 0.1) is 0 Å². The molecule has 1 saturated heterocycles. The Bertz CT molecular complexity index is 1250. The Kier molecular flexibility index (Phi) is 4.92. The summed E-state index contributed by atoms with van der Waals surface area (Å²) in [5.41, 5.74) is 4.13. The highest BCUT2D eigenvalue weighted by atomic mass is 32.2. The van der Waals surface area contributed by atoms with Gasteiger partial charge in [-0.15, -0.1) is 11.8 Å². The van der Waals surface area contributed by atoms with Crippen molar-refractivity contribution in [3.63, 3.8) is 0 Å². The van der Waals surface area contributed by atoms with Crippen LogP contribution < -0.4 is 0 Å². The molecule has 6 heteroatoms. The first kappa shape index (κ1) is 21.7. The van der Waals surface area contributed by atoms with E-state index >= 15 is 0 Å². The highest BCUT2D eigenvalue weighted by Crippen LogP contribution is 2.47. The highest BCUT2D eigenvalue weighted by molar-refractivity contribution is 8.00. The molecular formula is C29H31N3O2S. The Morgan fingerprint density at radius 2 is 1.83 bits per heavy atom. The smallest absolute Gasteiger partial charge is 0.256 e. The normalized spacial score (nSPS) is 23.0. The van der Waals surface area contributed by atoms with E-state index in [-0.39, 0.29) is 11.8 Å². The Morgan fingerprint density at radius 1 is 1.06 bits per heavy atom. The third-order valence-electron chi connectivity index (χ3n) is 8.04. The third kappa shape index (κ3) is 4.00. The Labute approximate surface area is 211 Å². The van der Waals surface area contributed by atoms with Crippen LogP contribution in [0.5, 0.6) is 0 Å². The van der Waals surface area contributed by atoms with Gasteiger partial charge in [-0.25, -0.2) is 0 Å². The van der Waals surface area contributed by atoms with E-state index < -0.39 is 5.54 Å². The van der Waals surface area contributed by atoms with Crippen LogP contribution in [0.15, 0.2) is 52.4 Å². The number of carbonyl (C=O) groups is 2. The lowest BCUT2D eigenvalue weighted by Gasteiger charge is -2.41. The average Bonchev–Trinajstić information content (AvgIpc) is 3.68. The van der Waals surface area contributed by atoms with E-state index in [1.54, 1.807) is 0 Å². The van der Waals surface area contributed by atoms with E-state index in [4.69, 9.17) is 4.99 Å². The number of nitrogens with zero attached hydrogens (tertiary/aromatic N) is 3. The van der Waals surface area contributed by atoms with Gasteiger partial charge < -0.3 is 4.90 Å². The summed E-state index contributed by atoms with van der Waals surface area (Å²) < 4.78 is 0. The van der Waals surface area contributed by atoms with Gasteiger partial charge in [0.2, 0.25) is 5.91 Å². The molecule has 0 radical (unpaired) electrons. The summed E-state index contributed by atoms with van der Waals surface area (Å²) in [5, 5.41) is 0.794. The van der Waals surface area contributed by atoms with Gasteiger partial charge in [-0.3, -0.25) is 19.5 Å². The maximum absolute atomic E-state index is 13.3. The fourth-order valence-corrected chi connectivity index (χ4v) is 6.52. The average molecular weight is 486 g/mol. The van der Waals surface area contributed by atoms with Gasteiger partial charge in [0.1, 0.15) is 11.4 Å². The first-order valence-corrected chi connectivity index (χ1v) is 14.0. The van der Waals surface area contributed by atoms with Crippen LogP contribution >= 0.6 is 11.8 Å². The van der Waals surface area contributed by atoms with Crippen molar-refractivity contribution in [2.75, 3.05) is 19.6 Å². The molecule has 35 heavy (non-hydrogen) atoms. The van der Waals surface area contributed by atoms with Crippen LogP contribution in [-0.2, 0) is 9.59 Å². The van der Waals surface area contributed by atoms with Gasteiger partial charge >= 0.3 is 0 Å². The van der Waals surface area contributed by atoms with E-state index in [0.717, 1.165) is 61.0 Å². The molecule has 2 aromatic carbocycles. The molecular weight excluding hydrogens is 454 g/mol. The Hall–Kier alpha value is -2.60. The predicted octanol–water partition coefficient (Wildman–Crippen LogP) is 4.91. The van der Waals surface area contributed by atoms with E-state index in [1.807, 2.05) is 21.6 Å². The van der Waals surface area contributed by atoms with Gasteiger partial charge in [-0.05, 0) is 74.3 Å². The molecule has 7 rings (SSSR count). The minimum Gasteiger partial charge on any atom is -0.342 e. The first-order valence-electron chi connectivity index (χ1n) is 13.1. The van der Waals surface area contributed by atoms with Crippen molar-refractivity contribution in [1.29, 1.82) is 0 Å². The second kappa shape index (κ2) is 7.95. The molecule has 1 spiro atoms. The van der Waals surface area contributed by atoms with Crippen LogP contribution in [-0.4, -0.2) is 57.9 Å². The van der Waals surface area contributed by atoms with Crippen molar-refractivity contribution in [3.05, 3.63) is 53.6 Å². The molecule has 0 unspecified atom stereocenters. The molecule has 3 aliphatic carbocycles. The highest BCUT2D eigenvalue weighted by Gasteiger charge is 2.58. The second-order valence-corrected chi connectivity index (χ2v) is 12.5. The molecule has 0 atom stereocenters. The monoisotopic (exact) mass is 485 g/mol. The summed E-state index contributed by atoms with van der Waals surface area (Å²) in [7, 11) is 0. The van der Waals surface area contributed by atoms with Crippen molar-refractivity contribution in [2.24, 2.45) is 16.8 Å². The number of carbonyl (C=O) groups excluding carboxylic acids is 2. The van der Waals surface area contributed by atoms with Crippen molar-refractivity contribution < 1.29 is 9.59 Å². The Balaban J connectivity index is 1.11. The molecule has 2 amide bonds. The topological polar surface area (TPSA) is 53.0 Å². The fourth-order valence-electron chi connectivity index (χ4n) is 5.41. The van der Waals surface area contributed by atoms with Crippen LogP contribution in [0.3, 0.4) is 0 Å². The molecule has 0 N–H and O–H groups in total. The number of hydrogen-bond acceptors (Lipinski definition) is 4. The van der Waals surface area contributed by atoms with E-state index in [1.165, 1.54) is 28.9 Å². The van der Waals surface area contributed by atoms with Crippen molar-refractivity contribution in [1.82, 2.24) is 9.80 Å². The standard InChI is InChI=1S/C29H31N3O2S/c1-18-13-22(21-3-2-4-24(14-21)35-23-8-9-23)7-10-25(18)26-30-29(11-12-29)28(34)32(26)17-19-15-31(16-19)27(33)20-5-6-20/h2-4,7,10,13-14,19-20,23H,5-6,8-9,11-12,15-17H2,1H3. The largest absolute Gasteiger partial charge is 0.342 e. The zero-order valence-electron chi connectivity index (χ0n) is 20.2. The summed E-state index contributed by atoms with van der Waals surface area (Å²) in [4.78, 5) is 35.9.